The third kappa shape index (κ3) is 3.98. The number of halogens is 1. The minimum absolute atomic E-state index is 0.196. The number of nitrogens with one attached hydrogen (secondary N) is 1. The van der Waals surface area contributed by atoms with Gasteiger partial charge in [0.25, 0.3) is 0 Å². The van der Waals surface area contributed by atoms with E-state index in [1.54, 1.807) is 11.8 Å². The van der Waals surface area contributed by atoms with Gasteiger partial charge in [-0.25, -0.2) is 0 Å². The molecule has 2 atom stereocenters. The van der Waals surface area contributed by atoms with E-state index in [9.17, 15) is 0 Å². The van der Waals surface area contributed by atoms with E-state index >= 15 is 0 Å². The van der Waals surface area contributed by atoms with Crippen LogP contribution in [0.1, 0.15) is 31.5 Å². The third-order valence-electron chi connectivity index (χ3n) is 3.26. The van der Waals surface area contributed by atoms with Gasteiger partial charge in [-0.15, -0.1) is 11.8 Å². The number of hydrogen-bond donors (Lipinski definition) is 1. The summed E-state index contributed by atoms with van der Waals surface area (Å²) in [6, 6.07) is 8.02. The van der Waals surface area contributed by atoms with E-state index in [-0.39, 0.29) is 5.92 Å². The quantitative estimate of drug-likeness (QED) is 0.824. The molecular weight excluding hydrogens is 294 g/mol. The number of rotatable bonds is 6. The van der Waals surface area contributed by atoms with Gasteiger partial charge < -0.3 is 9.84 Å². The summed E-state index contributed by atoms with van der Waals surface area (Å²) < 4.78 is 5.32. The first kappa shape index (κ1) is 15.4. The summed E-state index contributed by atoms with van der Waals surface area (Å²) in [6.07, 6.45) is 0. The van der Waals surface area contributed by atoms with E-state index in [0.29, 0.717) is 17.7 Å². The molecule has 0 aliphatic rings. The summed E-state index contributed by atoms with van der Waals surface area (Å²) in [5, 5.41) is 7.96. The van der Waals surface area contributed by atoms with Crippen molar-refractivity contribution in [2.24, 2.45) is 0 Å². The van der Waals surface area contributed by atoms with Crippen molar-refractivity contribution in [3.63, 3.8) is 0 Å². The lowest BCUT2D eigenvalue weighted by molar-refractivity contribution is 0.334. The van der Waals surface area contributed by atoms with Crippen LogP contribution in [0.2, 0.25) is 5.02 Å². The third-order valence-corrected chi connectivity index (χ3v) is 4.52. The van der Waals surface area contributed by atoms with Crippen LogP contribution in [0.15, 0.2) is 33.7 Å². The van der Waals surface area contributed by atoms with Crippen LogP contribution in [-0.2, 0) is 5.75 Å². The Morgan fingerprint density at radius 2 is 2.00 bits per heavy atom. The van der Waals surface area contributed by atoms with Crippen LogP contribution in [0, 0.1) is 0 Å². The van der Waals surface area contributed by atoms with Crippen molar-refractivity contribution in [3.8, 4) is 0 Å². The van der Waals surface area contributed by atoms with Crippen LogP contribution in [0.4, 0.5) is 0 Å². The van der Waals surface area contributed by atoms with Crippen LogP contribution in [0.25, 0.3) is 0 Å². The highest BCUT2D eigenvalue weighted by Gasteiger charge is 2.19. The van der Waals surface area contributed by atoms with E-state index in [4.69, 9.17) is 16.1 Å². The average Bonchev–Trinajstić information content (AvgIpc) is 2.94. The van der Waals surface area contributed by atoms with Crippen molar-refractivity contribution in [2.75, 3.05) is 7.05 Å². The summed E-state index contributed by atoms with van der Waals surface area (Å²) in [7, 11) is 1.93. The highest BCUT2D eigenvalue weighted by Crippen LogP contribution is 2.24. The Labute approximate surface area is 128 Å². The van der Waals surface area contributed by atoms with Gasteiger partial charge in [0.15, 0.2) is 5.82 Å². The highest BCUT2D eigenvalue weighted by atomic mass is 35.5. The lowest BCUT2D eigenvalue weighted by Crippen LogP contribution is -2.27. The molecule has 0 aliphatic heterocycles. The van der Waals surface area contributed by atoms with E-state index < -0.39 is 0 Å². The zero-order valence-electron chi connectivity index (χ0n) is 11.8. The Morgan fingerprint density at radius 1 is 1.30 bits per heavy atom. The van der Waals surface area contributed by atoms with Crippen LogP contribution in [0.3, 0.4) is 0 Å². The van der Waals surface area contributed by atoms with Gasteiger partial charge >= 0.3 is 0 Å². The molecule has 0 spiro atoms. The SMILES string of the molecule is CNC(C)C(C)c1nc(CSc2ccc(Cl)cc2)no1. The number of hydrogen-bond acceptors (Lipinski definition) is 5. The van der Waals surface area contributed by atoms with Gasteiger partial charge in [0.1, 0.15) is 0 Å². The van der Waals surface area contributed by atoms with E-state index in [2.05, 4.69) is 29.3 Å². The van der Waals surface area contributed by atoms with Gasteiger partial charge in [-0.1, -0.05) is 23.7 Å². The summed E-state index contributed by atoms with van der Waals surface area (Å²) in [5.41, 5.74) is 0. The Bertz CT molecular complexity index is 544. The normalized spacial score (nSPS) is 14.2. The standard InChI is InChI=1S/C14H18ClN3OS/c1-9(10(2)16-3)14-17-13(18-19-14)8-20-12-6-4-11(15)5-7-12/h4-7,9-10,16H,8H2,1-3H3. The molecule has 20 heavy (non-hydrogen) atoms. The average molecular weight is 312 g/mol. The predicted molar refractivity (Wildman–Crippen MR) is 82.2 cm³/mol. The summed E-state index contributed by atoms with van der Waals surface area (Å²) in [6.45, 7) is 4.17. The molecule has 6 heteroatoms. The van der Waals surface area contributed by atoms with E-state index in [0.717, 1.165) is 15.7 Å². The van der Waals surface area contributed by atoms with Crippen LogP contribution >= 0.6 is 23.4 Å². The Balaban J connectivity index is 1.94. The summed E-state index contributed by atoms with van der Waals surface area (Å²) >= 11 is 7.52. The molecule has 108 valence electrons. The molecule has 2 unspecified atom stereocenters. The minimum atomic E-state index is 0.196. The molecule has 2 aromatic rings. The molecule has 1 aromatic heterocycles. The maximum Gasteiger partial charge on any atom is 0.231 e. The second-order valence-electron chi connectivity index (χ2n) is 4.66. The number of benzene rings is 1. The number of thioether (sulfide) groups is 1. The zero-order valence-corrected chi connectivity index (χ0v) is 13.3. The molecule has 0 fully saturated rings. The zero-order chi connectivity index (χ0) is 14.5. The summed E-state index contributed by atoms with van der Waals surface area (Å²) in [5.74, 6) is 2.28. The van der Waals surface area contributed by atoms with E-state index in [1.165, 1.54) is 0 Å². The molecule has 0 radical (unpaired) electrons. The fourth-order valence-corrected chi connectivity index (χ4v) is 2.52. The topological polar surface area (TPSA) is 51.0 Å². The highest BCUT2D eigenvalue weighted by molar-refractivity contribution is 7.98. The largest absolute Gasteiger partial charge is 0.339 e. The number of nitrogens with zero attached hydrogens (tertiary/aromatic N) is 2. The Morgan fingerprint density at radius 3 is 2.65 bits per heavy atom. The van der Waals surface area contributed by atoms with Crippen molar-refractivity contribution in [1.29, 1.82) is 0 Å². The van der Waals surface area contributed by atoms with Gasteiger partial charge in [-0.05, 0) is 38.2 Å². The molecule has 0 saturated carbocycles. The van der Waals surface area contributed by atoms with Crippen LogP contribution < -0.4 is 5.32 Å². The van der Waals surface area contributed by atoms with Crippen molar-refractivity contribution >= 4 is 23.4 Å². The monoisotopic (exact) mass is 311 g/mol. The van der Waals surface area contributed by atoms with Gasteiger partial charge in [0.2, 0.25) is 5.89 Å². The smallest absolute Gasteiger partial charge is 0.231 e. The number of likely N-dealkylation sites (N-methyl/N-ethyl adjacent to an activating group) is 1. The van der Waals surface area contributed by atoms with Gasteiger partial charge in [0, 0.05) is 16.0 Å². The van der Waals surface area contributed by atoms with Gasteiger partial charge in [-0.3, -0.25) is 0 Å². The molecule has 2 rings (SSSR count). The predicted octanol–water partition coefficient (Wildman–Crippen LogP) is 3.73. The molecule has 0 amide bonds. The Hall–Kier alpha value is -1.04. The van der Waals surface area contributed by atoms with Gasteiger partial charge in [0.05, 0.1) is 11.7 Å². The van der Waals surface area contributed by atoms with Crippen molar-refractivity contribution in [3.05, 3.63) is 41.0 Å². The Kier molecular flexibility index (Phi) is 5.46. The molecule has 1 heterocycles. The molecule has 0 saturated heterocycles. The summed E-state index contributed by atoms with van der Waals surface area (Å²) in [4.78, 5) is 5.58. The van der Waals surface area contributed by atoms with Crippen molar-refractivity contribution in [1.82, 2.24) is 15.5 Å². The second-order valence-corrected chi connectivity index (χ2v) is 6.14. The fourth-order valence-electron chi connectivity index (χ4n) is 1.65. The van der Waals surface area contributed by atoms with Gasteiger partial charge in [-0.2, -0.15) is 4.98 Å². The second kappa shape index (κ2) is 7.11. The molecular formula is C14H18ClN3OS. The maximum atomic E-state index is 5.86. The first-order chi connectivity index (χ1) is 9.60. The molecule has 1 N–H and O–H groups in total. The lowest BCUT2D eigenvalue weighted by Gasteiger charge is -2.14. The first-order valence-corrected chi connectivity index (χ1v) is 7.84. The van der Waals surface area contributed by atoms with E-state index in [1.807, 2.05) is 31.3 Å². The number of aromatic nitrogens is 2. The molecule has 0 bridgehead atoms. The molecule has 0 aliphatic carbocycles. The van der Waals surface area contributed by atoms with Crippen molar-refractivity contribution in [2.45, 2.75) is 36.5 Å². The van der Waals surface area contributed by atoms with Crippen LogP contribution in [0.5, 0.6) is 0 Å². The molecule has 1 aromatic carbocycles. The van der Waals surface area contributed by atoms with Crippen LogP contribution in [-0.4, -0.2) is 23.2 Å². The lowest BCUT2D eigenvalue weighted by atomic mass is 10.0. The first-order valence-electron chi connectivity index (χ1n) is 6.48. The maximum absolute atomic E-state index is 5.86. The minimum Gasteiger partial charge on any atom is -0.339 e. The fraction of sp³-hybridized carbons (Fsp3) is 0.429. The molecule has 4 nitrogen and oxygen atoms in total. The van der Waals surface area contributed by atoms with Crippen molar-refractivity contribution < 1.29 is 4.52 Å².